The van der Waals surface area contributed by atoms with Crippen LogP contribution in [0.4, 0.5) is 5.82 Å². The molecule has 1 fully saturated rings. The summed E-state index contributed by atoms with van der Waals surface area (Å²) < 4.78 is 0. The first-order chi connectivity index (χ1) is 9.19. The molecule has 2 heterocycles. The molecule has 0 saturated carbocycles. The van der Waals surface area contributed by atoms with E-state index in [1.165, 1.54) is 18.0 Å². The highest BCUT2D eigenvalue weighted by Gasteiger charge is 2.21. The van der Waals surface area contributed by atoms with E-state index in [1.54, 1.807) is 6.20 Å². The van der Waals surface area contributed by atoms with Gasteiger partial charge in [0.15, 0.2) is 6.29 Å². The van der Waals surface area contributed by atoms with Crippen molar-refractivity contribution in [2.45, 2.75) is 18.1 Å². The number of hydrogen-bond acceptors (Lipinski definition) is 6. The van der Waals surface area contributed by atoms with Gasteiger partial charge in [0.25, 0.3) is 0 Å². The summed E-state index contributed by atoms with van der Waals surface area (Å²) >= 11 is 1.50. The van der Waals surface area contributed by atoms with Crippen LogP contribution >= 0.6 is 11.8 Å². The maximum atomic E-state index is 10.5. The fourth-order valence-electron chi connectivity index (χ4n) is 2.00. The van der Waals surface area contributed by atoms with E-state index in [4.69, 9.17) is 5.11 Å². The molecule has 1 aliphatic rings. The molecule has 1 saturated heterocycles. The molecule has 0 amide bonds. The van der Waals surface area contributed by atoms with Crippen molar-refractivity contribution < 1.29 is 14.7 Å². The predicted molar refractivity (Wildman–Crippen MR) is 72.7 cm³/mol. The average Bonchev–Trinajstić information content (AvgIpc) is 2.46. The van der Waals surface area contributed by atoms with Gasteiger partial charge in [0.1, 0.15) is 11.5 Å². The van der Waals surface area contributed by atoms with Crippen LogP contribution in [0.3, 0.4) is 0 Å². The Hall–Kier alpha value is -1.63. The molecule has 1 aromatic rings. The SMILES string of the molecule is O=Cc1cnc(N2CCC(SCC(=O)O)CC2)cn1. The van der Waals surface area contributed by atoms with Crippen LogP contribution in [-0.4, -0.2) is 51.4 Å². The van der Waals surface area contributed by atoms with Crippen molar-refractivity contribution >= 4 is 29.8 Å². The van der Waals surface area contributed by atoms with Gasteiger partial charge in [-0.2, -0.15) is 0 Å². The van der Waals surface area contributed by atoms with Crippen LogP contribution in [0.25, 0.3) is 0 Å². The molecule has 0 aliphatic carbocycles. The number of thioether (sulfide) groups is 1. The van der Waals surface area contributed by atoms with Crippen LogP contribution in [0.5, 0.6) is 0 Å². The topological polar surface area (TPSA) is 83.4 Å². The van der Waals surface area contributed by atoms with Crippen molar-refractivity contribution in [1.82, 2.24) is 9.97 Å². The molecule has 102 valence electrons. The first-order valence-electron chi connectivity index (χ1n) is 6.04. The second-order valence-corrected chi connectivity index (χ2v) is 5.60. The van der Waals surface area contributed by atoms with Gasteiger partial charge in [-0.3, -0.25) is 9.59 Å². The Balaban J connectivity index is 1.85. The van der Waals surface area contributed by atoms with Gasteiger partial charge >= 0.3 is 5.97 Å². The van der Waals surface area contributed by atoms with Gasteiger partial charge in [0, 0.05) is 18.3 Å². The molecular formula is C12H15N3O3S. The van der Waals surface area contributed by atoms with E-state index in [-0.39, 0.29) is 5.75 Å². The zero-order valence-corrected chi connectivity index (χ0v) is 11.2. The molecule has 0 spiro atoms. The van der Waals surface area contributed by atoms with Crippen LogP contribution in [0.2, 0.25) is 0 Å². The first kappa shape index (κ1) is 13.8. The Morgan fingerprint density at radius 2 is 2.16 bits per heavy atom. The molecule has 0 bridgehead atoms. The highest BCUT2D eigenvalue weighted by Crippen LogP contribution is 2.25. The van der Waals surface area contributed by atoms with Crippen LogP contribution < -0.4 is 4.90 Å². The summed E-state index contributed by atoms with van der Waals surface area (Å²) in [7, 11) is 0. The average molecular weight is 281 g/mol. The zero-order chi connectivity index (χ0) is 13.7. The lowest BCUT2D eigenvalue weighted by Crippen LogP contribution is -2.35. The number of hydrogen-bond donors (Lipinski definition) is 1. The fraction of sp³-hybridized carbons (Fsp3) is 0.500. The van der Waals surface area contributed by atoms with Gasteiger partial charge in [-0.05, 0) is 12.8 Å². The number of aromatic nitrogens is 2. The molecular weight excluding hydrogens is 266 g/mol. The number of carboxylic acid groups (broad SMARTS) is 1. The molecule has 6 nitrogen and oxygen atoms in total. The lowest BCUT2D eigenvalue weighted by atomic mass is 10.1. The maximum absolute atomic E-state index is 10.5. The van der Waals surface area contributed by atoms with E-state index in [1.807, 2.05) is 0 Å². The third kappa shape index (κ3) is 3.92. The highest BCUT2D eigenvalue weighted by molar-refractivity contribution is 8.00. The Morgan fingerprint density at radius 1 is 1.42 bits per heavy atom. The summed E-state index contributed by atoms with van der Waals surface area (Å²) in [5.41, 5.74) is 0.329. The van der Waals surface area contributed by atoms with Crippen LogP contribution in [0.1, 0.15) is 23.3 Å². The van der Waals surface area contributed by atoms with Crippen molar-refractivity contribution in [3.63, 3.8) is 0 Å². The number of carbonyl (C=O) groups is 2. The van der Waals surface area contributed by atoms with E-state index >= 15 is 0 Å². The predicted octanol–water partition coefficient (Wildman–Crippen LogP) is 1.08. The van der Waals surface area contributed by atoms with Crippen LogP contribution in [-0.2, 0) is 4.79 Å². The second kappa shape index (κ2) is 6.51. The highest BCUT2D eigenvalue weighted by atomic mass is 32.2. The van der Waals surface area contributed by atoms with Gasteiger partial charge in [0.2, 0.25) is 0 Å². The van der Waals surface area contributed by atoms with Crippen molar-refractivity contribution in [3.05, 3.63) is 18.1 Å². The Labute approximate surface area is 115 Å². The summed E-state index contributed by atoms with van der Waals surface area (Å²) in [6.07, 6.45) is 5.62. The normalized spacial score (nSPS) is 16.3. The summed E-state index contributed by atoms with van der Waals surface area (Å²) in [4.78, 5) is 31.3. The van der Waals surface area contributed by atoms with E-state index in [2.05, 4.69) is 14.9 Å². The zero-order valence-electron chi connectivity index (χ0n) is 10.4. The summed E-state index contributed by atoms with van der Waals surface area (Å²) in [5.74, 6) is 0.174. The molecule has 0 aromatic carbocycles. The summed E-state index contributed by atoms with van der Waals surface area (Å²) in [6, 6.07) is 0. The Bertz CT molecular complexity index is 444. The van der Waals surface area contributed by atoms with Crippen LogP contribution in [0.15, 0.2) is 12.4 Å². The Morgan fingerprint density at radius 3 is 2.68 bits per heavy atom. The molecule has 2 rings (SSSR count). The number of anilines is 1. The van der Waals surface area contributed by atoms with Gasteiger partial charge < -0.3 is 10.0 Å². The minimum Gasteiger partial charge on any atom is -0.481 e. The molecule has 19 heavy (non-hydrogen) atoms. The quantitative estimate of drug-likeness (QED) is 0.808. The number of aliphatic carboxylic acids is 1. The number of carboxylic acids is 1. The fourth-order valence-corrected chi connectivity index (χ4v) is 2.92. The number of piperidine rings is 1. The Kier molecular flexibility index (Phi) is 4.73. The standard InChI is InChI=1S/C12H15N3O3S/c16-7-9-5-14-11(6-13-9)15-3-1-10(2-4-15)19-8-12(17)18/h5-7,10H,1-4,8H2,(H,17,18). The molecule has 0 atom stereocenters. The largest absolute Gasteiger partial charge is 0.481 e. The second-order valence-electron chi connectivity index (χ2n) is 4.31. The minimum atomic E-state index is -0.761. The van der Waals surface area contributed by atoms with Crippen molar-refractivity contribution in [1.29, 1.82) is 0 Å². The third-order valence-corrected chi connectivity index (χ3v) is 4.34. The molecule has 1 aliphatic heterocycles. The van der Waals surface area contributed by atoms with Gasteiger partial charge in [0.05, 0.1) is 18.1 Å². The smallest absolute Gasteiger partial charge is 0.313 e. The van der Waals surface area contributed by atoms with Crippen LogP contribution in [0, 0.1) is 0 Å². The molecule has 0 radical (unpaired) electrons. The first-order valence-corrected chi connectivity index (χ1v) is 7.09. The maximum Gasteiger partial charge on any atom is 0.313 e. The summed E-state index contributed by atoms with van der Waals surface area (Å²) in [5, 5.41) is 9.04. The lowest BCUT2D eigenvalue weighted by molar-refractivity contribution is -0.133. The third-order valence-electron chi connectivity index (χ3n) is 2.99. The lowest BCUT2D eigenvalue weighted by Gasteiger charge is -2.32. The van der Waals surface area contributed by atoms with Crippen molar-refractivity contribution in [2.75, 3.05) is 23.7 Å². The van der Waals surface area contributed by atoms with Crippen molar-refractivity contribution in [3.8, 4) is 0 Å². The van der Waals surface area contributed by atoms with E-state index < -0.39 is 5.97 Å². The van der Waals surface area contributed by atoms with E-state index in [0.29, 0.717) is 17.2 Å². The summed E-state index contributed by atoms with van der Waals surface area (Å²) in [6.45, 7) is 1.68. The molecule has 1 aromatic heterocycles. The van der Waals surface area contributed by atoms with E-state index in [0.717, 1.165) is 31.7 Å². The molecule has 1 N–H and O–H groups in total. The number of carbonyl (C=O) groups excluding carboxylic acids is 1. The van der Waals surface area contributed by atoms with Gasteiger partial charge in [-0.25, -0.2) is 9.97 Å². The van der Waals surface area contributed by atoms with E-state index in [9.17, 15) is 9.59 Å². The number of rotatable bonds is 5. The number of nitrogens with zero attached hydrogens (tertiary/aromatic N) is 3. The molecule has 7 heteroatoms. The van der Waals surface area contributed by atoms with Gasteiger partial charge in [-0.1, -0.05) is 0 Å². The van der Waals surface area contributed by atoms with Gasteiger partial charge in [-0.15, -0.1) is 11.8 Å². The monoisotopic (exact) mass is 281 g/mol. The van der Waals surface area contributed by atoms with Crippen molar-refractivity contribution in [2.24, 2.45) is 0 Å². The molecule has 0 unspecified atom stereocenters. The minimum absolute atomic E-state index is 0.165. The number of aldehydes is 1.